The van der Waals surface area contributed by atoms with Crippen molar-refractivity contribution in [3.63, 3.8) is 0 Å². The van der Waals surface area contributed by atoms with Crippen LogP contribution in [0.15, 0.2) is 18.2 Å². The summed E-state index contributed by atoms with van der Waals surface area (Å²) in [6, 6.07) is 4.96. The molecule has 0 radical (unpaired) electrons. The van der Waals surface area contributed by atoms with Crippen molar-refractivity contribution in [3.05, 3.63) is 33.8 Å². The molecule has 0 unspecified atom stereocenters. The Hall–Kier alpha value is -0.610. The minimum absolute atomic E-state index is 0.0133. The van der Waals surface area contributed by atoms with Crippen molar-refractivity contribution in [2.45, 2.75) is 19.4 Å². The fourth-order valence-corrected chi connectivity index (χ4v) is 2.77. The van der Waals surface area contributed by atoms with Crippen LogP contribution < -0.4 is 0 Å². The Bertz CT molecular complexity index is 488. The number of Topliss-reactive ketones (excluding diaryl/α,β-unsaturated/α-hetero) is 1. The van der Waals surface area contributed by atoms with Gasteiger partial charge in [0.2, 0.25) is 0 Å². The number of nitrogens with zero attached hydrogens (tertiary/aromatic N) is 1. The van der Waals surface area contributed by atoms with E-state index in [9.17, 15) is 4.79 Å². The molecule has 0 saturated carbocycles. The van der Waals surface area contributed by atoms with Gasteiger partial charge in [0.1, 0.15) is 0 Å². The predicted molar refractivity (Wildman–Crippen MR) is 77.3 cm³/mol. The molecule has 2 rings (SSSR count). The third kappa shape index (κ3) is 3.93. The van der Waals surface area contributed by atoms with E-state index in [1.165, 1.54) is 0 Å². The van der Waals surface area contributed by atoms with Crippen LogP contribution in [0.5, 0.6) is 0 Å². The summed E-state index contributed by atoms with van der Waals surface area (Å²) in [6.07, 6.45) is 0. The average Bonchev–Trinajstić information content (AvgIpc) is 2.27. The van der Waals surface area contributed by atoms with Gasteiger partial charge in [-0.1, -0.05) is 23.2 Å². The number of ketones is 1. The summed E-state index contributed by atoms with van der Waals surface area (Å²) >= 11 is 11.9. The van der Waals surface area contributed by atoms with E-state index in [1.807, 2.05) is 13.8 Å². The number of benzene rings is 1. The summed E-state index contributed by atoms with van der Waals surface area (Å²) in [5.74, 6) is 0.0133. The van der Waals surface area contributed by atoms with Crippen molar-refractivity contribution in [3.8, 4) is 0 Å². The first-order valence-electron chi connectivity index (χ1n) is 6.22. The van der Waals surface area contributed by atoms with Gasteiger partial charge in [0.05, 0.1) is 23.8 Å². The summed E-state index contributed by atoms with van der Waals surface area (Å²) in [5, 5.41) is 0.944. The lowest BCUT2D eigenvalue weighted by Gasteiger charge is -2.37. The number of ether oxygens (including phenoxy) is 1. The highest BCUT2D eigenvalue weighted by Gasteiger charge is 2.28. The van der Waals surface area contributed by atoms with Gasteiger partial charge in [0.15, 0.2) is 5.78 Å². The van der Waals surface area contributed by atoms with Crippen LogP contribution in [-0.4, -0.2) is 42.5 Å². The Balaban J connectivity index is 2.04. The van der Waals surface area contributed by atoms with Gasteiger partial charge in [-0.2, -0.15) is 0 Å². The molecular formula is C14H17Cl2NO2. The molecule has 5 heteroatoms. The van der Waals surface area contributed by atoms with E-state index in [0.29, 0.717) is 28.8 Å². The molecule has 1 heterocycles. The largest absolute Gasteiger partial charge is 0.373 e. The number of hydrogen-bond acceptors (Lipinski definition) is 3. The normalized spacial score (nSPS) is 19.4. The first-order chi connectivity index (χ1) is 8.87. The third-order valence-corrected chi connectivity index (χ3v) is 3.65. The molecule has 0 aromatic heterocycles. The van der Waals surface area contributed by atoms with Gasteiger partial charge < -0.3 is 4.74 Å². The molecule has 0 aliphatic carbocycles. The third-order valence-electron chi connectivity index (χ3n) is 3.10. The van der Waals surface area contributed by atoms with E-state index in [4.69, 9.17) is 27.9 Å². The van der Waals surface area contributed by atoms with Crippen LogP contribution in [0, 0.1) is 0 Å². The zero-order chi connectivity index (χ0) is 14.0. The van der Waals surface area contributed by atoms with E-state index in [0.717, 1.165) is 13.1 Å². The standard InChI is InChI=1S/C14H17Cl2NO2/c1-14(2)9-17(5-6-19-14)8-13(18)11-4-3-10(15)7-12(11)16/h3-4,7H,5-6,8-9H2,1-2H3. The zero-order valence-electron chi connectivity index (χ0n) is 11.1. The highest BCUT2D eigenvalue weighted by molar-refractivity contribution is 6.36. The molecule has 1 aromatic rings. The lowest BCUT2D eigenvalue weighted by molar-refractivity contribution is -0.0833. The molecule has 104 valence electrons. The van der Waals surface area contributed by atoms with Crippen molar-refractivity contribution < 1.29 is 9.53 Å². The molecule has 0 amide bonds. The summed E-state index contributed by atoms with van der Waals surface area (Å²) in [4.78, 5) is 14.3. The molecule has 3 nitrogen and oxygen atoms in total. The van der Waals surface area contributed by atoms with Gasteiger partial charge in [0.25, 0.3) is 0 Å². The van der Waals surface area contributed by atoms with Crippen LogP contribution in [-0.2, 0) is 4.74 Å². The summed E-state index contributed by atoms with van der Waals surface area (Å²) in [6.45, 7) is 6.56. The molecule has 1 aliphatic rings. The second kappa shape index (κ2) is 5.80. The first kappa shape index (κ1) is 14.8. The van der Waals surface area contributed by atoms with Crippen LogP contribution in [0.25, 0.3) is 0 Å². The van der Waals surface area contributed by atoms with Crippen LogP contribution in [0.3, 0.4) is 0 Å². The number of halogens is 2. The monoisotopic (exact) mass is 301 g/mol. The molecule has 1 aromatic carbocycles. The smallest absolute Gasteiger partial charge is 0.178 e. The number of rotatable bonds is 3. The molecule has 0 N–H and O–H groups in total. The zero-order valence-corrected chi connectivity index (χ0v) is 12.6. The maximum absolute atomic E-state index is 12.2. The molecule has 1 fully saturated rings. The van der Waals surface area contributed by atoms with Gasteiger partial charge in [-0.25, -0.2) is 0 Å². The SMILES string of the molecule is CC1(C)CN(CC(=O)c2ccc(Cl)cc2Cl)CCO1. The Morgan fingerprint density at radius 3 is 2.79 bits per heavy atom. The van der Waals surface area contributed by atoms with Crippen LogP contribution in [0.4, 0.5) is 0 Å². The van der Waals surface area contributed by atoms with Crippen molar-refractivity contribution in [1.29, 1.82) is 0 Å². The maximum Gasteiger partial charge on any atom is 0.178 e. The Morgan fingerprint density at radius 1 is 1.42 bits per heavy atom. The van der Waals surface area contributed by atoms with Crippen molar-refractivity contribution in [2.24, 2.45) is 0 Å². The van der Waals surface area contributed by atoms with Crippen LogP contribution >= 0.6 is 23.2 Å². The molecule has 19 heavy (non-hydrogen) atoms. The lowest BCUT2D eigenvalue weighted by atomic mass is 10.1. The Labute approximate surface area is 123 Å². The lowest BCUT2D eigenvalue weighted by Crippen LogP contribution is -2.49. The van der Waals surface area contributed by atoms with Gasteiger partial charge in [0, 0.05) is 23.7 Å². The molecule has 1 saturated heterocycles. The summed E-state index contributed by atoms with van der Waals surface area (Å²) in [5.41, 5.74) is 0.317. The number of carbonyl (C=O) groups is 1. The number of hydrogen-bond donors (Lipinski definition) is 0. The Morgan fingerprint density at radius 2 is 2.16 bits per heavy atom. The van der Waals surface area contributed by atoms with Crippen molar-refractivity contribution in [2.75, 3.05) is 26.2 Å². The topological polar surface area (TPSA) is 29.5 Å². The second-order valence-corrected chi connectivity index (χ2v) is 6.21. The minimum Gasteiger partial charge on any atom is -0.373 e. The summed E-state index contributed by atoms with van der Waals surface area (Å²) < 4.78 is 5.63. The van der Waals surface area contributed by atoms with Crippen molar-refractivity contribution >= 4 is 29.0 Å². The molecule has 0 atom stereocenters. The summed E-state index contributed by atoms with van der Waals surface area (Å²) in [7, 11) is 0. The molecule has 0 spiro atoms. The van der Waals surface area contributed by atoms with E-state index in [-0.39, 0.29) is 11.4 Å². The second-order valence-electron chi connectivity index (χ2n) is 5.37. The van der Waals surface area contributed by atoms with E-state index >= 15 is 0 Å². The van der Waals surface area contributed by atoms with Crippen molar-refractivity contribution in [1.82, 2.24) is 4.90 Å². The molecule has 0 bridgehead atoms. The molecule has 1 aliphatic heterocycles. The van der Waals surface area contributed by atoms with E-state index in [1.54, 1.807) is 18.2 Å². The maximum atomic E-state index is 12.2. The average molecular weight is 302 g/mol. The number of morpholine rings is 1. The molecular weight excluding hydrogens is 285 g/mol. The van der Waals surface area contributed by atoms with Crippen LogP contribution in [0.1, 0.15) is 24.2 Å². The highest BCUT2D eigenvalue weighted by Crippen LogP contribution is 2.22. The first-order valence-corrected chi connectivity index (χ1v) is 6.97. The number of carbonyl (C=O) groups excluding carboxylic acids is 1. The van der Waals surface area contributed by atoms with Gasteiger partial charge in [-0.3, -0.25) is 9.69 Å². The van der Waals surface area contributed by atoms with E-state index in [2.05, 4.69) is 4.90 Å². The minimum atomic E-state index is -0.206. The van der Waals surface area contributed by atoms with Gasteiger partial charge in [-0.15, -0.1) is 0 Å². The van der Waals surface area contributed by atoms with Gasteiger partial charge in [-0.05, 0) is 32.0 Å². The van der Waals surface area contributed by atoms with Gasteiger partial charge >= 0.3 is 0 Å². The quantitative estimate of drug-likeness (QED) is 0.803. The Kier molecular flexibility index (Phi) is 4.51. The van der Waals surface area contributed by atoms with E-state index < -0.39 is 0 Å². The fraction of sp³-hybridized carbons (Fsp3) is 0.500. The highest BCUT2D eigenvalue weighted by atomic mass is 35.5. The predicted octanol–water partition coefficient (Wildman–Crippen LogP) is 3.29. The van der Waals surface area contributed by atoms with Crippen LogP contribution in [0.2, 0.25) is 10.0 Å². The fourth-order valence-electron chi connectivity index (χ4n) is 2.25.